The van der Waals surface area contributed by atoms with Crippen molar-refractivity contribution < 1.29 is 17.9 Å². The van der Waals surface area contributed by atoms with Gasteiger partial charge in [-0.25, -0.2) is 18.4 Å². The standard InChI is InChI=1S/C18H21N3O4S/c1-12-15(17(25-3)20-11-19-12)13-5-4-6-14(9-13)16(22)21-18(2)7-8-26(23,24)10-18/h4-6,9,11H,7-8,10H2,1-3H3,(H,21,22)/t18-/m1/s1. The number of carbonyl (C=O) groups is 1. The summed E-state index contributed by atoms with van der Waals surface area (Å²) in [5.74, 6) is 0.191. The van der Waals surface area contributed by atoms with E-state index in [-0.39, 0.29) is 17.4 Å². The Morgan fingerprint density at radius 1 is 1.31 bits per heavy atom. The van der Waals surface area contributed by atoms with Gasteiger partial charge in [0.15, 0.2) is 9.84 Å². The number of hydrogen-bond donors (Lipinski definition) is 1. The van der Waals surface area contributed by atoms with Gasteiger partial charge in [-0.3, -0.25) is 4.79 Å². The highest BCUT2D eigenvalue weighted by Crippen LogP contribution is 2.31. The number of carbonyl (C=O) groups excluding carboxylic acids is 1. The average molecular weight is 375 g/mol. The lowest BCUT2D eigenvalue weighted by Crippen LogP contribution is -2.46. The van der Waals surface area contributed by atoms with Crippen LogP contribution >= 0.6 is 0 Å². The van der Waals surface area contributed by atoms with E-state index >= 15 is 0 Å². The maximum absolute atomic E-state index is 12.7. The molecule has 1 aliphatic heterocycles. The minimum absolute atomic E-state index is 0.0368. The zero-order chi connectivity index (χ0) is 18.9. The van der Waals surface area contributed by atoms with E-state index < -0.39 is 15.4 Å². The fourth-order valence-corrected chi connectivity index (χ4v) is 5.30. The monoisotopic (exact) mass is 375 g/mol. The molecule has 2 heterocycles. The highest BCUT2D eigenvalue weighted by atomic mass is 32.2. The number of aromatic nitrogens is 2. The van der Waals surface area contributed by atoms with Crippen LogP contribution < -0.4 is 10.1 Å². The summed E-state index contributed by atoms with van der Waals surface area (Å²) in [7, 11) is -1.56. The lowest BCUT2D eigenvalue weighted by molar-refractivity contribution is 0.0915. The Balaban J connectivity index is 1.90. The summed E-state index contributed by atoms with van der Waals surface area (Å²) in [5.41, 5.74) is 1.92. The third kappa shape index (κ3) is 3.70. The Morgan fingerprint density at radius 3 is 2.73 bits per heavy atom. The Morgan fingerprint density at radius 2 is 2.08 bits per heavy atom. The summed E-state index contributed by atoms with van der Waals surface area (Å²) in [6, 6.07) is 7.05. The van der Waals surface area contributed by atoms with Crippen LogP contribution in [-0.4, -0.2) is 48.4 Å². The molecule has 0 aliphatic carbocycles. The molecule has 138 valence electrons. The van der Waals surface area contributed by atoms with E-state index in [1.807, 2.05) is 13.0 Å². The van der Waals surface area contributed by atoms with Crippen LogP contribution in [0.5, 0.6) is 5.88 Å². The molecule has 0 unspecified atom stereocenters. The Bertz CT molecular complexity index is 959. The molecule has 1 saturated heterocycles. The van der Waals surface area contributed by atoms with Crippen LogP contribution in [0.1, 0.15) is 29.4 Å². The van der Waals surface area contributed by atoms with E-state index in [0.29, 0.717) is 17.9 Å². The largest absolute Gasteiger partial charge is 0.480 e. The van der Waals surface area contributed by atoms with E-state index in [2.05, 4.69) is 15.3 Å². The second-order valence-corrected chi connectivity index (χ2v) is 8.97. The Hall–Kier alpha value is -2.48. The van der Waals surface area contributed by atoms with Crippen molar-refractivity contribution in [2.24, 2.45) is 0 Å². The summed E-state index contributed by atoms with van der Waals surface area (Å²) in [5, 5.41) is 2.87. The van der Waals surface area contributed by atoms with Gasteiger partial charge in [0.1, 0.15) is 6.33 Å². The van der Waals surface area contributed by atoms with Crippen LogP contribution in [0.2, 0.25) is 0 Å². The number of nitrogens with one attached hydrogen (secondary N) is 1. The van der Waals surface area contributed by atoms with E-state index in [1.54, 1.807) is 25.1 Å². The summed E-state index contributed by atoms with van der Waals surface area (Å²) in [6.07, 6.45) is 1.84. The van der Waals surface area contributed by atoms with Gasteiger partial charge in [0.2, 0.25) is 5.88 Å². The summed E-state index contributed by atoms with van der Waals surface area (Å²) >= 11 is 0. The van der Waals surface area contributed by atoms with Gasteiger partial charge in [0.05, 0.1) is 35.4 Å². The van der Waals surface area contributed by atoms with Crippen molar-refractivity contribution in [3.63, 3.8) is 0 Å². The average Bonchev–Trinajstić information content (AvgIpc) is 2.87. The predicted molar refractivity (Wildman–Crippen MR) is 97.9 cm³/mol. The molecule has 26 heavy (non-hydrogen) atoms. The molecule has 3 rings (SSSR count). The van der Waals surface area contributed by atoms with Crippen LogP contribution in [0.4, 0.5) is 0 Å². The molecule has 0 radical (unpaired) electrons. The van der Waals surface area contributed by atoms with Gasteiger partial charge in [-0.2, -0.15) is 0 Å². The lowest BCUT2D eigenvalue weighted by atomic mass is 9.99. The maximum atomic E-state index is 12.7. The molecule has 7 nitrogen and oxygen atoms in total. The molecule has 1 aromatic carbocycles. The Labute approximate surface area is 152 Å². The van der Waals surface area contributed by atoms with Gasteiger partial charge in [0, 0.05) is 5.56 Å². The molecular formula is C18H21N3O4S. The zero-order valence-corrected chi connectivity index (χ0v) is 15.8. The number of nitrogens with zero attached hydrogens (tertiary/aromatic N) is 2. The summed E-state index contributed by atoms with van der Waals surface area (Å²) in [6.45, 7) is 3.61. The van der Waals surface area contributed by atoms with Gasteiger partial charge in [0.25, 0.3) is 5.91 Å². The van der Waals surface area contributed by atoms with E-state index in [1.165, 1.54) is 13.4 Å². The fourth-order valence-electron chi connectivity index (χ4n) is 3.21. The first-order valence-corrected chi connectivity index (χ1v) is 10.0. The van der Waals surface area contributed by atoms with Crippen molar-refractivity contribution >= 4 is 15.7 Å². The van der Waals surface area contributed by atoms with Crippen molar-refractivity contribution in [1.29, 1.82) is 0 Å². The molecule has 1 fully saturated rings. The molecule has 2 aromatic rings. The second kappa shape index (κ2) is 6.68. The van der Waals surface area contributed by atoms with Crippen molar-refractivity contribution in [3.05, 3.63) is 41.9 Å². The maximum Gasteiger partial charge on any atom is 0.251 e. The SMILES string of the molecule is COc1ncnc(C)c1-c1cccc(C(=O)N[C@]2(C)CCS(=O)(=O)C2)c1. The number of methoxy groups -OCH3 is 1. The van der Waals surface area contributed by atoms with Gasteiger partial charge < -0.3 is 10.1 Å². The molecule has 0 bridgehead atoms. The molecule has 0 saturated carbocycles. The number of aryl methyl sites for hydroxylation is 1. The lowest BCUT2D eigenvalue weighted by Gasteiger charge is -2.24. The van der Waals surface area contributed by atoms with Crippen LogP contribution in [0.15, 0.2) is 30.6 Å². The number of benzene rings is 1. The second-order valence-electron chi connectivity index (χ2n) is 6.78. The minimum atomic E-state index is -3.10. The number of ether oxygens (including phenoxy) is 1. The first kappa shape index (κ1) is 18.3. The zero-order valence-electron chi connectivity index (χ0n) is 14.9. The van der Waals surface area contributed by atoms with Gasteiger partial charge in [-0.1, -0.05) is 12.1 Å². The number of sulfone groups is 1. The van der Waals surface area contributed by atoms with Crippen LogP contribution in [0.3, 0.4) is 0 Å². The predicted octanol–water partition coefficient (Wildman–Crippen LogP) is 1.77. The molecular weight excluding hydrogens is 354 g/mol. The van der Waals surface area contributed by atoms with Crippen LogP contribution in [0, 0.1) is 6.92 Å². The van der Waals surface area contributed by atoms with E-state index in [4.69, 9.17) is 4.74 Å². The first-order valence-electron chi connectivity index (χ1n) is 8.22. The Kier molecular flexibility index (Phi) is 4.70. The number of hydrogen-bond acceptors (Lipinski definition) is 6. The summed E-state index contributed by atoms with van der Waals surface area (Å²) in [4.78, 5) is 21.0. The molecule has 1 N–H and O–H groups in total. The van der Waals surface area contributed by atoms with Crippen molar-refractivity contribution in [3.8, 4) is 17.0 Å². The normalized spacial score (nSPS) is 21.3. The third-order valence-electron chi connectivity index (χ3n) is 4.53. The molecule has 8 heteroatoms. The van der Waals surface area contributed by atoms with Gasteiger partial charge in [-0.05, 0) is 38.0 Å². The number of amides is 1. The van der Waals surface area contributed by atoms with Crippen LogP contribution in [0.25, 0.3) is 11.1 Å². The topological polar surface area (TPSA) is 98.2 Å². The van der Waals surface area contributed by atoms with Crippen molar-refractivity contribution in [2.45, 2.75) is 25.8 Å². The smallest absolute Gasteiger partial charge is 0.251 e. The number of rotatable bonds is 4. The van der Waals surface area contributed by atoms with E-state index in [0.717, 1.165) is 16.8 Å². The first-order chi connectivity index (χ1) is 12.2. The fraction of sp³-hybridized carbons (Fsp3) is 0.389. The third-order valence-corrected chi connectivity index (χ3v) is 6.43. The summed E-state index contributed by atoms with van der Waals surface area (Å²) < 4.78 is 28.8. The van der Waals surface area contributed by atoms with Crippen molar-refractivity contribution in [2.75, 3.05) is 18.6 Å². The van der Waals surface area contributed by atoms with E-state index in [9.17, 15) is 13.2 Å². The molecule has 1 aromatic heterocycles. The highest BCUT2D eigenvalue weighted by Gasteiger charge is 2.39. The van der Waals surface area contributed by atoms with Crippen molar-refractivity contribution in [1.82, 2.24) is 15.3 Å². The molecule has 1 amide bonds. The highest BCUT2D eigenvalue weighted by molar-refractivity contribution is 7.91. The molecule has 1 aliphatic rings. The molecule has 1 atom stereocenters. The minimum Gasteiger partial charge on any atom is -0.480 e. The van der Waals surface area contributed by atoms with Gasteiger partial charge >= 0.3 is 0 Å². The molecule has 0 spiro atoms. The van der Waals surface area contributed by atoms with Crippen LogP contribution in [-0.2, 0) is 9.84 Å². The van der Waals surface area contributed by atoms with Gasteiger partial charge in [-0.15, -0.1) is 0 Å². The quantitative estimate of drug-likeness (QED) is 0.874.